The van der Waals surface area contributed by atoms with Crippen molar-refractivity contribution in [2.75, 3.05) is 0 Å². The van der Waals surface area contributed by atoms with Crippen LogP contribution >= 0.6 is 11.6 Å². The number of para-hydroxylation sites is 2. The number of imidazole rings is 1. The van der Waals surface area contributed by atoms with Gasteiger partial charge in [-0.2, -0.15) is 0 Å². The fraction of sp³-hybridized carbons (Fsp3) is 0.0714. The smallest absolute Gasteiger partial charge is 0.203 e. The number of hydrogen-bond acceptors (Lipinski definition) is 2. The van der Waals surface area contributed by atoms with Crippen molar-refractivity contribution >= 4 is 28.4 Å². The largest absolute Gasteiger partial charge is 0.306 e. The molecule has 5 aromatic rings. The third kappa shape index (κ3) is 4.26. The van der Waals surface area contributed by atoms with Crippen molar-refractivity contribution in [2.45, 2.75) is 13.1 Å². The standard InChI is InChI=1S/C28H22ClN3O/c29-24-16-10-20(11-17-24)18-31-25-8-4-5-9-26(25)32(28(31)30)19-27(33)23-14-12-22(13-15-23)21-6-2-1-3-7-21/h1-17,30H,18-19H2. The SMILES string of the molecule is N=c1n(CC(=O)c2ccc(-c3ccccc3)cc2)c2ccccc2n1Cc1ccc(Cl)cc1. The van der Waals surface area contributed by atoms with E-state index in [2.05, 4.69) is 12.1 Å². The highest BCUT2D eigenvalue weighted by molar-refractivity contribution is 6.30. The van der Waals surface area contributed by atoms with E-state index >= 15 is 0 Å². The Kier molecular flexibility index (Phi) is 5.68. The summed E-state index contributed by atoms with van der Waals surface area (Å²) in [5.41, 5.74) is 5.95. The molecule has 0 saturated heterocycles. The zero-order valence-corrected chi connectivity index (χ0v) is 18.7. The number of fused-ring (bicyclic) bond motifs is 1. The maximum Gasteiger partial charge on any atom is 0.203 e. The number of aromatic nitrogens is 2. The van der Waals surface area contributed by atoms with Crippen LogP contribution in [0.5, 0.6) is 0 Å². The van der Waals surface area contributed by atoms with Gasteiger partial charge in [0.15, 0.2) is 5.78 Å². The number of halogens is 1. The van der Waals surface area contributed by atoms with Gasteiger partial charge in [-0.25, -0.2) is 0 Å². The van der Waals surface area contributed by atoms with Crippen molar-refractivity contribution in [3.05, 3.63) is 125 Å². The van der Waals surface area contributed by atoms with E-state index in [1.807, 2.05) is 95.6 Å². The van der Waals surface area contributed by atoms with Crippen LogP contribution in [0.2, 0.25) is 5.02 Å². The molecule has 0 amide bonds. The average molecular weight is 452 g/mol. The highest BCUT2D eigenvalue weighted by Crippen LogP contribution is 2.20. The van der Waals surface area contributed by atoms with Crippen LogP contribution in [-0.4, -0.2) is 14.9 Å². The lowest BCUT2D eigenvalue weighted by Crippen LogP contribution is -2.27. The molecule has 0 atom stereocenters. The van der Waals surface area contributed by atoms with Gasteiger partial charge < -0.3 is 9.13 Å². The number of hydrogen-bond donors (Lipinski definition) is 1. The van der Waals surface area contributed by atoms with E-state index in [0.29, 0.717) is 22.7 Å². The van der Waals surface area contributed by atoms with E-state index in [9.17, 15) is 4.79 Å². The number of nitrogens with zero attached hydrogens (tertiary/aromatic N) is 2. The van der Waals surface area contributed by atoms with Gasteiger partial charge in [0.05, 0.1) is 24.1 Å². The first-order valence-corrected chi connectivity index (χ1v) is 11.1. The van der Waals surface area contributed by atoms with E-state index in [-0.39, 0.29) is 12.3 Å². The number of ketones is 1. The number of benzene rings is 4. The van der Waals surface area contributed by atoms with Crippen molar-refractivity contribution in [1.82, 2.24) is 9.13 Å². The lowest BCUT2D eigenvalue weighted by molar-refractivity contribution is 0.0971. The quantitative estimate of drug-likeness (QED) is 0.308. The van der Waals surface area contributed by atoms with E-state index in [0.717, 1.165) is 27.7 Å². The summed E-state index contributed by atoms with van der Waals surface area (Å²) in [6.07, 6.45) is 0. The highest BCUT2D eigenvalue weighted by atomic mass is 35.5. The first kappa shape index (κ1) is 21.0. The number of carbonyl (C=O) groups excluding carboxylic acids is 1. The monoisotopic (exact) mass is 451 g/mol. The molecule has 0 radical (unpaired) electrons. The van der Waals surface area contributed by atoms with Gasteiger partial charge >= 0.3 is 0 Å². The Morgan fingerprint density at radius 2 is 1.27 bits per heavy atom. The average Bonchev–Trinajstić information content (AvgIpc) is 3.12. The molecular formula is C28H22ClN3O. The van der Waals surface area contributed by atoms with Crippen LogP contribution in [0.4, 0.5) is 0 Å². The van der Waals surface area contributed by atoms with Gasteiger partial charge in [-0.05, 0) is 41.0 Å². The van der Waals surface area contributed by atoms with Crippen LogP contribution in [0.15, 0.2) is 103 Å². The summed E-state index contributed by atoms with van der Waals surface area (Å²) in [5.74, 6) is -0.0255. The number of carbonyl (C=O) groups is 1. The Balaban J connectivity index is 1.45. The molecule has 0 saturated carbocycles. The first-order chi connectivity index (χ1) is 16.1. The second kappa shape index (κ2) is 8.93. The van der Waals surface area contributed by atoms with Crippen LogP contribution in [0.1, 0.15) is 15.9 Å². The highest BCUT2D eigenvalue weighted by Gasteiger charge is 2.15. The van der Waals surface area contributed by atoms with Crippen LogP contribution in [0.25, 0.3) is 22.2 Å². The third-order valence-electron chi connectivity index (χ3n) is 5.84. The topological polar surface area (TPSA) is 50.8 Å². The van der Waals surface area contributed by atoms with Gasteiger partial charge in [0.1, 0.15) is 0 Å². The van der Waals surface area contributed by atoms with Gasteiger partial charge in [0, 0.05) is 10.6 Å². The van der Waals surface area contributed by atoms with Gasteiger partial charge in [0.2, 0.25) is 5.62 Å². The molecule has 5 heteroatoms. The summed E-state index contributed by atoms with van der Waals surface area (Å²) in [6.45, 7) is 0.640. The molecule has 1 N–H and O–H groups in total. The minimum atomic E-state index is -0.0255. The number of rotatable bonds is 6. The second-order valence-electron chi connectivity index (χ2n) is 7.98. The van der Waals surface area contributed by atoms with E-state index in [1.165, 1.54) is 0 Å². The van der Waals surface area contributed by atoms with Crippen molar-refractivity contribution < 1.29 is 4.79 Å². The molecule has 0 aliphatic heterocycles. The van der Waals surface area contributed by atoms with Gasteiger partial charge in [0.25, 0.3) is 0 Å². The molecule has 1 aromatic heterocycles. The minimum absolute atomic E-state index is 0.0255. The maximum atomic E-state index is 13.1. The van der Waals surface area contributed by atoms with Crippen molar-refractivity contribution in [3.8, 4) is 11.1 Å². The predicted molar refractivity (Wildman–Crippen MR) is 133 cm³/mol. The summed E-state index contributed by atoms with van der Waals surface area (Å²) in [7, 11) is 0. The van der Waals surface area contributed by atoms with E-state index in [4.69, 9.17) is 17.0 Å². The minimum Gasteiger partial charge on any atom is -0.306 e. The number of nitrogens with one attached hydrogen (secondary N) is 1. The van der Waals surface area contributed by atoms with Gasteiger partial charge in [-0.3, -0.25) is 10.2 Å². The third-order valence-corrected chi connectivity index (χ3v) is 6.10. The van der Waals surface area contributed by atoms with Gasteiger partial charge in [-0.1, -0.05) is 90.5 Å². The van der Waals surface area contributed by atoms with Gasteiger partial charge in [-0.15, -0.1) is 0 Å². The second-order valence-corrected chi connectivity index (χ2v) is 8.41. The van der Waals surface area contributed by atoms with Crippen LogP contribution in [-0.2, 0) is 13.1 Å². The van der Waals surface area contributed by atoms with Crippen LogP contribution in [0, 0.1) is 5.41 Å². The summed E-state index contributed by atoms with van der Waals surface area (Å²) in [5, 5.41) is 9.50. The molecule has 0 fully saturated rings. The van der Waals surface area contributed by atoms with Crippen LogP contribution in [0.3, 0.4) is 0 Å². The van der Waals surface area contributed by atoms with Crippen molar-refractivity contribution in [3.63, 3.8) is 0 Å². The van der Waals surface area contributed by atoms with E-state index < -0.39 is 0 Å². The molecule has 33 heavy (non-hydrogen) atoms. The van der Waals surface area contributed by atoms with E-state index in [1.54, 1.807) is 4.57 Å². The molecule has 4 aromatic carbocycles. The molecule has 0 bridgehead atoms. The molecule has 0 aliphatic rings. The lowest BCUT2D eigenvalue weighted by Gasteiger charge is -2.07. The van der Waals surface area contributed by atoms with Crippen molar-refractivity contribution in [1.29, 1.82) is 5.41 Å². The van der Waals surface area contributed by atoms with Crippen molar-refractivity contribution in [2.24, 2.45) is 0 Å². The molecule has 5 rings (SSSR count). The summed E-state index contributed by atoms with van der Waals surface area (Å²) in [6, 6.07) is 33.2. The molecular weight excluding hydrogens is 430 g/mol. The number of Topliss-reactive ketones (excluding diaryl/α,β-unsaturated/α-hetero) is 1. The fourth-order valence-electron chi connectivity index (χ4n) is 4.10. The first-order valence-electron chi connectivity index (χ1n) is 10.8. The Hall–Kier alpha value is -3.89. The summed E-state index contributed by atoms with van der Waals surface area (Å²) < 4.78 is 3.70. The Labute approximate surface area is 196 Å². The molecule has 0 aliphatic carbocycles. The Morgan fingerprint density at radius 3 is 1.94 bits per heavy atom. The zero-order chi connectivity index (χ0) is 22.8. The summed E-state index contributed by atoms with van der Waals surface area (Å²) >= 11 is 6.02. The Bertz CT molecular complexity index is 1480. The molecule has 0 unspecified atom stereocenters. The predicted octanol–water partition coefficient (Wildman–Crippen LogP) is 6.17. The van der Waals surface area contributed by atoms with Crippen LogP contribution < -0.4 is 5.62 Å². The molecule has 1 heterocycles. The maximum absolute atomic E-state index is 13.1. The normalized spacial score (nSPS) is 11.1. The molecule has 162 valence electrons. The fourth-order valence-corrected chi connectivity index (χ4v) is 4.23. The molecule has 4 nitrogen and oxygen atoms in total. The summed E-state index contributed by atoms with van der Waals surface area (Å²) in [4.78, 5) is 13.1. The Morgan fingerprint density at radius 1 is 0.697 bits per heavy atom. The zero-order valence-electron chi connectivity index (χ0n) is 17.9. The molecule has 0 spiro atoms. The lowest BCUT2D eigenvalue weighted by atomic mass is 10.0.